The highest BCUT2D eigenvalue weighted by Gasteiger charge is 2.09. The van der Waals surface area contributed by atoms with Gasteiger partial charge in [0, 0.05) is 42.0 Å². The third kappa shape index (κ3) is 5.91. The second-order valence-electron chi connectivity index (χ2n) is 7.16. The number of aryl methyl sites for hydroxylation is 1. The van der Waals surface area contributed by atoms with Gasteiger partial charge in [0.25, 0.3) is 0 Å². The quantitative estimate of drug-likeness (QED) is 0.340. The zero-order chi connectivity index (χ0) is 19.2. The number of nitrogens with zero attached hydrogens (tertiary/aromatic N) is 2. The Kier molecular flexibility index (Phi) is 9.04. The molecule has 2 nitrogen and oxygen atoms in total. The summed E-state index contributed by atoms with van der Waals surface area (Å²) < 4.78 is 4.39. The summed E-state index contributed by atoms with van der Waals surface area (Å²) in [5.41, 5.74) is 6.38. The molecule has 0 radical (unpaired) electrons. The van der Waals surface area contributed by atoms with E-state index in [0.717, 1.165) is 13.0 Å². The largest absolute Gasteiger partial charge is 1.00 e. The third-order valence-corrected chi connectivity index (χ3v) is 5.01. The lowest BCUT2D eigenvalue weighted by molar-refractivity contribution is -0.688. The number of halogens is 2. The summed E-state index contributed by atoms with van der Waals surface area (Å²) in [6, 6.07) is 28.1. The molecule has 2 aromatic heterocycles. The van der Waals surface area contributed by atoms with Crippen LogP contribution in [0.1, 0.15) is 24.5 Å². The zero-order valence-corrected chi connectivity index (χ0v) is 18.6. The molecule has 0 amide bonds. The van der Waals surface area contributed by atoms with Crippen molar-refractivity contribution in [3.05, 3.63) is 115 Å². The van der Waals surface area contributed by atoms with Gasteiger partial charge in [-0.1, -0.05) is 55.8 Å². The molecule has 0 fully saturated rings. The van der Waals surface area contributed by atoms with Crippen LogP contribution in [-0.4, -0.2) is 0 Å². The van der Waals surface area contributed by atoms with Crippen LogP contribution in [0.4, 0.5) is 0 Å². The molecule has 2 heterocycles. The summed E-state index contributed by atoms with van der Waals surface area (Å²) in [5.74, 6) is 0. The van der Waals surface area contributed by atoms with Crippen molar-refractivity contribution in [2.45, 2.75) is 26.3 Å². The van der Waals surface area contributed by atoms with Crippen LogP contribution >= 0.6 is 0 Å². The van der Waals surface area contributed by atoms with E-state index in [1.54, 1.807) is 0 Å². The fourth-order valence-corrected chi connectivity index (χ4v) is 3.50. The molecule has 0 unspecified atom stereocenters. The van der Waals surface area contributed by atoms with Crippen molar-refractivity contribution in [2.75, 3.05) is 0 Å². The highest BCUT2D eigenvalue weighted by molar-refractivity contribution is 5.61. The van der Waals surface area contributed by atoms with Crippen LogP contribution in [0.15, 0.2) is 104 Å². The zero-order valence-electron chi connectivity index (χ0n) is 17.1. The SMILES string of the molecule is CCCc1cccc(-[n+]2ccc(-c3cc[n+](Cc4ccccc4)cc3)cc2)c1.[Cl-].[Cl-]. The molecule has 0 saturated carbocycles. The van der Waals surface area contributed by atoms with Crippen LogP contribution in [0.25, 0.3) is 16.8 Å². The van der Waals surface area contributed by atoms with Crippen molar-refractivity contribution >= 4 is 0 Å². The van der Waals surface area contributed by atoms with Gasteiger partial charge in [0.2, 0.25) is 5.69 Å². The Morgan fingerprint density at radius 3 is 1.87 bits per heavy atom. The predicted octanol–water partition coefficient (Wildman–Crippen LogP) is -1.07. The van der Waals surface area contributed by atoms with Gasteiger partial charge in [-0.2, -0.15) is 4.57 Å². The van der Waals surface area contributed by atoms with Crippen LogP contribution in [0, 0.1) is 0 Å². The molecule has 0 atom stereocenters. The number of hydrogen-bond donors (Lipinski definition) is 0. The Balaban J connectivity index is 0.00000160. The summed E-state index contributed by atoms with van der Waals surface area (Å²) in [6.07, 6.45) is 10.9. The lowest BCUT2D eigenvalue weighted by atomic mass is 10.1. The molecule has 0 spiro atoms. The number of rotatable bonds is 6. The fraction of sp³-hybridized carbons (Fsp3) is 0.154. The van der Waals surface area contributed by atoms with E-state index >= 15 is 0 Å². The van der Waals surface area contributed by atoms with E-state index in [2.05, 4.69) is 120 Å². The van der Waals surface area contributed by atoms with Gasteiger partial charge in [-0.3, -0.25) is 0 Å². The Hall–Kier alpha value is -2.68. The van der Waals surface area contributed by atoms with Gasteiger partial charge < -0.3 is 24.8 Å². The van der Waals surface area contributed by atoms with Crippen LogP contribution in [0.5, 0.6) is 0 Å². The molecule has 0 bridgehead atoms. The highest BCUT2D eigenvalue weighted by Crippen LogP contribution is 2.16. The first-order valence-electron chi connectivity index (χ1n) is 9.96. The maximum Gasteiger partial charge on any atom is 0.210 e. The average Bonchev–Trinajstić information content (AvgIpc) is 2.76. The van der Waals surface area contributed by atoms with Crippen molar-refractivity contribution in [1.82, 2.24) is 0 Å². The van der Waals surface area contributed by atoms with Gasteiger partial charge in [0.05, 0.1) is 0 Å². The third-order valence-electron chi connectivity index (χ3n) is 5.01. The first kappa shape index (κ1) is 23.6. The Morgan fingerprint density at radius 2 is 1.23 bits per heavy atom. The minimum absolute atomic E-state index is 0. The normalized spacial score (nSPS) is 10.0. The van der Waals surface area contributed by atoms with Gasteiger partial charge in [-0.25, -0.2) is 4.57 Å². The van der Waals surface area contributed by atoms with Crippen LogP contribution in [0.3, 0.4) is 0 Å². The molecule has 0 aliphatic carbocycles. The van der Waals surface area contributed by atoms with Crippen molar-refractivity contribution in [1.29, 1.82) is 0 Å². The summed E-state index contributed by atoms with van der Waals surface area (Å²) in [4.78, 5) is 0. The Bertz CT molecular complexity index is 1030. The lowest BCUT2D eigenvalue weighted by Gasteiger charge is -2.03. The summed E-state index contributed by atoms with van der Waals surface area (Å²) in [5, 5.41) is 0. The molecule has 4 rings (SSSR count). The van der Waals surface area contributed by atoms with Crippen molar-refractivity contribution in [3.63, 3.8) is 0 Å². The van der Waals surface area contributed by atoms with Crippen LogP contribution in [0.2, 0.25) is 0 Å². The second kappa shape index (κ2) is 11.5. The molecular formula is C26H26Cl2N2. The predicted molar refractivity (Wildman–Crippen MR) is 113 cm³/mol. The van der Waals surface area contributed by atoms with E-state index in [4.69, 9.17) is 0 Å². The monoisotopic (exact) mass is 436 g/mol. The molecule has 0 saturated heterocycles. The molecule has 0 N–H and O–H groups in total. The highest BCUT2D eigenvalue weighted by atomic mass is 35.5. The van der Waals surface area contributed by atoms with Crippen LogP contribution < -0.4 is 33.9 Å². The summed E-state index contributed by atoms with van der Waals surface area (Å²) in [6.45, 7) is 3.11. The lowest BCUT2D eigenvalue weighted by Crippen LogP contribution is -3.00. The Labute approximate surface area is 191 Å². The van der Waals surface area contributed by atoms with Gasteiger partial charge in [0.15, 0.2) is 31.3 Å². The van der Waals surface area contributed by atoms with Gasteiger partial charge in [-0.05, 0) is 23.1 Å². The molecule has 154 valence electrons. The maximum atomic E-state index is 2.28. The maximum absolute atomic E-state index is 2.28. The standard InChI is InChI=1S/C26H26N2.2ClH/c1-2-7-22-10-6-11-26(20-22)28-18-14-25(15-19-28)24-12-16-27(17-13-24)21-23-8-4-3-5-9-23;;/h3-6,8-20H,2,7,21H2,1H3;2*1H/q+2;;/p-2. The molecule has 30 heavy (non-hydrogen) atoms. The van der Waals surface area contributed by atoms with Crippen molar-refractivity contribution in [2.24, 2.45) is 0 Å². The van der Waals surface area contributed by atoms with Gasteiger partial charge in [-0.15, -0.1) is 0 Å². The smallest absolute Gasteiger partial charge is 0.210 e. The van der Waals surface area contributed by atoms with E-state index in [1.807, 2.05) is 0 Å². The molecule has 4 heteroatoms. The molecule has 0 aliphatic heterocycles. The van der Waals surface area contributed by atoms with E-state index in [1.165, 1.54) is 34.4 Å². The van der Waals surface area contributed by atoms with E-state index in [0.29, 0.717) is 0 Å². The number of benzene rings is 2. The van der Waals surface area contributed by atoms with Crippen molar-refractivity contribution < 1.29 is 33.9 Å². The number of hydrogen-bond acceptors (Lipinski definition) is 0. The second-order valence-corrected chi connectivity index (χ2v) is 7.16. The van der Waals surface area contributed by atoms with E-state index < -0.39 is 0 Å². The van der Waals surface area contributed by atoms with Crippen molar-refractivity contribution in [3.8, 4) is 16.8 Å². The minimum Gasteiger partial charge on any atom is -1.00 e. The first-order valence-corrected chi connectivity index (χ1v) is 9.96. The molecule has 2 aromatic carbocycles. The number of aromatic nitrogens is 2. The fourth-order valence-electron chi connectivity index (χ4n) is 3.50. The van der Waals surface area contributed by atoms with Crippen LogP contribution in [-0.2, 0) is 13.0 Å². The molecular weight excluding hydrogens is 411 g/mol. The Morgan fingerprint density at radius 1 is 0.633 bits per heavy atom. The molecule has 4 aromatic rings. The van der Waals surface area contributed by atoms with E-state index in [-0.39, 0.29) is 24.8 Å². The number of pyridine rings is 2. The average molecular weight is 437 g/mol. The molecule has 0 aliphatic rings. The first-order chi connectivity index (χ1) is 13.8. The van der Waals surface area contributed by atoms with Gasteiger partial charge in [0.1, 0.15) is 0 Å². The topological polar surface area (TPSA) is 7.76 Å². The van der Waals surface area contributed by atoms with E-state index in [9.17, 15) is 0 Å². The summed E-state index contributed by atoms with van der Waals surface area (Å²) >= 11 is 0. The van der Waals surface area contributed by atoms with Gasteiger partial charge >= 0.3 is 0 Å². The minimum atomic E-state index is 0. The summed E-state index contributed by atoms with van der Waals surface area (Å²) in [7, 11) is 0.